The molecular formula is C19H26N2O7. The monoisotopic (exact) mass is 394 g/mol. The minimum Gasteiger partial charge on any atom is -0.493 e. The normalized spacial score (nSPS) is 15.3. The lowest BCUT2D eigenvalue weighted by Gasteiger charge is -2.24. The number of nitro benzene ring substituents is 1. The van der Waals surface area contributed by atoms with Crippen LogP contribution in [0.15, 0.2) is 12.1 Å². The molecule has 0 aliphatic carbocycles. The molecule has 154 valence electrons. The minimum atomic E-state index is -1.04. The number of nitro groups is 1. The lowest BCUT2D eigenvalue weighted by atomic mass is 10.1. The number of carbonyl (C=O) groups is 2. The fourth-order valence-electron chi connectivity index (χ4n) is 3.11. The van der Waals surface area contributed by atoms with Gasteiger partial charge in [-0.3, -0.25) is 14.9 Å². The Morgan fingerprint density at radius 2 is 1.82 bits per heavy atom. The summed E-state index contributed by atoms with van der Waals surface area (Å²) in [6.45, 7) is 4.72. The number of benzene rings is 1. The number of esters is 1. The molecule has 0 bridgehead atoms. The van der Waals surface area contributed by atoms with Crippen molar-refractivity contribution in [2.24, 2.45) is 0 Å². The molecule has 1 fully saturated rings. The highest BCUT2D eigenvalue weighted by Crippen LogP contribution is 2.35. The van der Waals surface area contributed by atoms with Crippen molar-refractivity contribution in [1.82, 2.24) is 4.90 Å². The summed E-state index contributed by atoms with van der Waals surface area (Å²) >= 11 is 0. The van der Waals surface area contributed by atoms with Crippen LogP contribution in [0.4, 0.5) is 5.69 Å². The largest absolute Gasteiger partial charge is 0.493 e. The number of rotatable bonds is 7. The maximum absolute atomic E-state index is 12.6. The maximum atomic E-state index is 12.6. The number of amides is 1. The fraction of sp³-hybridized carbons (Fsp3) is 0.579. The first-order chi connectivity index (χ1) is 13.4. The van der Waals surface area contributed by atoms with Crippen LogP contribution in [0, 0.1) is 10.1 Å². The fourth-order valence-corrected chi connectivity index (χ4v) is 3.11. The van der Waals surface area contributed by atoms with Crippen LogP contribution in [0.5, 0.6) is 11.5 Å². The molecule has 0 spiro atoms. The van der Waals surface area contributed by atoms with Crippen LogP contribution in [-0.2, 0) is 9.53 Å². The molecule has 1 aliphatic heterocycles. The van der Waals surface area contributed by atoms with Crippen molar-refractivity contribution in [3.8, 4) is 11.5 Å². The van der Waals surface area contributed by atoms with Crippen LogP contribution in [0.2, 0.25) is 0 Å². The van der Waals surface area contributed by atoms with E-state index < -0.39 is 22.7 Å². The highest BCUT2D eigenvalue weighted by molar-refractivity contribution is 5.96. The highest BCUT2D eigenvalue weighted by Gasteiger charge is 2.30. The lowest BCUT2D eigenvalue weighted by Crippen LogP contribution is -2.40. The third-order valence-electron chi connectivity index (χ3n) is 4.55. The molecule has 1 amide bonds. The summed E-state index contributed by atoms with van der Waals surface area (Å²) in [7, 11) is 1.37. The number of hydrogen-bond acceptors (Lipinski definition) is 7. The molecule has 28 heavy (non-hydrogen) atoms. The Bertz CT molecular complexity index is 727. The molecule has 1 aliphatic rings. The van der Waals surface area contributed by atoms with Gasteiger partial charge in [0.25, 0.3) is 11.6 Å². The van der Waals surface area contributed by atoms with Crippen LogP contribution in [0.3, 0.4) is 0 Å². The number of carbonyl (C=O) groups excluding carboxylic acids is 2. The van der Waals surface area contributed by atoms with Gasteiger partial charge in [0.05, 0.1) is 24.7 Å². The topological polar surface area (TPSA) is 108 Å². The van der Waals surface area contributed by atoms with Crippen LogP contribution in [-0.4, -0.2) is 54.6 Å². The predicted octanol–water partition coefficient (Wildman–Crippen LogP) is 2.95. The Kier molecular flexibility index (Phi) is 7.60. The van der Waals surface area contributed by atoms with E-state index in [4.69, 9.17) is 14.2 Å². The van der Waals surface area contributed by atoms with Gasteiger partial charge in [0.1, 0.15) is 5.56 Å². The van der Waals surface area contributed by atoms with Gasteiger partial charge in [-0.15, -0.1) is 0 Å². The second-order valence-corrected chi connectivity index (χ2v) is 6.50. The van der Waals surface area contributed by atoms with E-state index in [-0.39, 0.29) is 29.6 Å². The first-order valence-electron chi connectivity index (χ1n) is 9.38. The molecule has 0 aromatic heterocycles. The van der Waals surface area contributed by atoms with Gasteiger partial charge in [-0.2, -0.15) is 0 Å². The Morgan fingerprint density at radius 3 is 2.36 bits per heavy atom. The molecule has 0 saturated carbocycles. The predicted molar refractivity (Wildman–Crippen MR) is 101 cm³/mol. The van der Waals surface area contributed by atoms with Gasteiger partial charge >= 0.3 is 5.97 Å². The first-order valence-corrected chi connectivity index (χ1v) is 9.38. The first kappa shape index (κ1) is 21.5. The van der Waals surface area contributed by atoms with E-state index in [0.717, 1.165) is 31.7 Å². The third kappa shape index (κ3) is 5.11. The van der Waals surface area contributed by atoms with Crippen LogP contribution >= 0.6 is 0 Å². The van der Waals surface area contributed by atoms with E-state index in [1.54, 1.807) is 11.8 Å². The number of ether oxygens (including phenoxy) is 3. The Balaban J connectivity index is 2.22. The summed E-state index contributed by atoms with van der Waals surface area (Å²) in [5.74, 6) is -0.924. The zero-order valence-corrected chi connectivity index (χ0v) is 16.4. The van der Waals surface area contributed by atoms with Crippen molar-refractivity contribution >= 4 is 17.6 Å². The second kappa shape index (κ2) is 9.91. The summed E-state index contributed by atoms with van der Waals surface area (Å²) in [4.78, 5) is 37.5. The summed E-state index contributed by atoms with van der Waals surface area (Å²) in [6.07, 6.45) is 2.91. The molecule has 1 saturated heterocycles. The molecule has 9 heteroatoms. The SMILES string of the molecule is CCOc1cc([N+](=O)[O-])c(C(=O)O[C@H](C)C(=O)N2CCCCCC2)cc1OC. The number of likely N-dealkylation sites (tertiary alicyclic amines) is 1. The molecule has 2 rings (SSSR count). The van der Waals surface area contributed by atoms with E-state index in [0.29, 0.717) is 13.1 Å². The highest BCUT2D eigenvalue weighted by atomic mass is 16.6. The van der Waals surface area contributed by atoms with Crippen molar-refractivity contribution in [2.45, 2.75) is 45.6 Å². The number of methoxy groups -OCH3 is 1. The summed E-state index contributed by atoms with van der Waals surface area (Å²) < 4.78 is 15.7. The molecule has 1 aromatic carbocycles. The van der Waals surface area contributed by atoms with Crippen molar-refractivity contribution in [2.75, 3.05) is 26.8 Å². The molecule has 1 atom stereocenters. The maximum Gasteiger partial charge on any atom is 0.346 e. The van der Waals surface area contributed by atoms with Crippen molar-refractivity contribution in [3.05, 3.63) is 27.8 Å². The van der Waals surface area contributed by atoms with Gasteiger partial charge in [-0.25, -0.2) is 4.79 Å². The van der Waals surface area contributed by atoms with Gasteiger partial charge < -0.3 is 19.1 Å². The summed E-state index contributed by atoms with van der Waals surface area (Å²) in [5, 5.41) is 11.4. The molecule has 0 unspecified atom stereocenters. The van der Waals surface area contributed by atoms with E-state index in [9.17, 15) is 19.7 Å². The number of nitrogens with zero attached hydrogens (tertiary/aromatic N) is 2. The third-order valence-corrected chi connectivity index (χ3v) is 4.55. The molecular weight excluding hydrogens is 368 g/mol. The minimum absolute atomic E-state index is 0.155. The zero-order valence-electron chi connectivity index (χ0n) is 16.4. The molecule has 1 heterocycles. The van der Waals surface area contributed by atoms with Crippen molar-refractivity contribution < 1.29 is 28.7 Å². The lowest BCUT2D eigenvalue weighted by molar-refractivity contribution is -0.385. The summed E-state index contributed by atoms with van der Waals surface area (Å²) in [6, 6.07) is 2.33. The van der Waals surface area contributed by atoms with Crippen LogP contribution in [0.1, 0.15) is 49.9 Å². The smallest absolute Gasteiger partial charge is 0.346 e. The van der Waals surface area contributed by atoms with Crippen molar-refractivity contribution in [1.29, 1.82) is 0 Å². The molecule has 0 radical (unpaired) electrons. The van der Waals surface area contributed by atoms with Crippen LogP contribution in [0.25, 0.3) is 0 Å². The van der Waals surface area contributed by atoms with Gasteiger partial charge in [0.2, 0.25) is 0 Å². The Morgan fingerprint density at radius 1 is 1.18 bits per heavy atom. The molecule has 0 N–H and O–H groups in total. The van der Waals surface area contributed by atoms with Gasteiger partial charge in [-0.1, -0.05) is 12.8 Å². The Labute approximate surface area is 163 Å². The van der Waals surface area contributed by atoms with Gasteiger partial charge in [-0.05, 0) is 26.7 Å². The average Bonchev–Trinajstić information content (AvgIpc) is 2.96. The van der Waals surface area contributed by atoms with E-state index in [2.05, 4.69) is 0 Å². The van der Waals surface area contributed by atoms with Gasteiger partial charge in [0, 0.05) is 19.2 Å². The Hall–Kier alpha value is -2.84. The quantitative estimate of drug-likeness (QED) is 0.397. The van der Waals surface area contributed by atoms with E-state index in [1.165, 1.54) is 20.1 Å². The zero-order chi connectivity index (χ0) is 20.7. The summed E-state index contributed by atoms with van der Waals surface area (Å²) in [5.41, 5.74) is -0.760. The van der Waals surface area contributed by atoms with Crippen molar-refractivity contribution in [3.63, 3.8) is 0 Å². The van der Waals surface area contributed by atoms with E-state index in [1.807, 2.05) is 0 Å². The van der Waals surface area contributed by atoms with Crippen LogP contribution < -0.4 is 9.47 Å². The average molecular weight is 394 g/mol. The van der Waals surface area contributed by atoms with Gasteiger partial charge in [0.15, 0.2) is 17.6 Å². The standard InChI is InChI=1S/C19H26N2O7/c1-4-27-17-12-15(21(24)25)14(11-16(17)26-3)19(23)28-13(2)18(22)20-9-7-5-6-8-10-20/h11-13H,4-10H2,1-3H3/t13-/m1/s1. The molecule has 1 aromatic rings. The number of hydrogen-bond donors (Lipinski definition) is 0. The molecule has 9 nitrogen and oxygen atoms in total. The second-order valence-electron chi connectivity index (χ2n) is 6.50. The van der Waals surface area contributed by atoms with E-state index >= 15 is 0 Å².